The van der Waals surface area contributed by atoms with Crippen molar-refractivity contribution in [2.75, 3.05) is 11.9 Å². The number of rotatable bonds is 5. The highest BCUT2D eigenvalue weighted by Gasteiger charge is 2.05. The number of hydrogen-bond acceptors (Lipinski definition) is 3. The van der Waals surface area contributed by atoms with Crippen LogP contribution in [0.5, 0.6) is 0 Å². The molecule has 0 aliphatic rings. The summed E-state index contributed by atoms with van der Waals surface area (Å²) in [4.78, 5) is 11.9. The van der Waals surface area contributed by atoms with Gasteiger partial charge < -0.3 is 16.4 Å². The summed E-state index contributed by atoms with van der Waals surface area (Å²) in [6.45, 7) is 6.07. The van der Waals surface area contributed by atoms with Crippen LogP contribution in [0.25, 0.3) is 0 Å². The summed E-state index contributed by atoms with van der Waals surface area (Å²) >= 11 is 4.91. The molecule has 1 rings (SSSR count). The highest BCUT2D eigenvalue weighted by molar-refractivity contribution is 7.80. The van der Waals surface area contributed by atoms with Crippen molar-refractivity contribution in [1.82, 2.24) is 5.32 Å². The zero-order valence-corrected chi connectivity index (χ0v) is 11.7. The van der Waals surface area contributed by atoms with E-state index in [1.165, 1.54) is 0 Å². The van der Waals surface area contributed by atoms with Crippen LogP contribution >= 0.6 is 12.2 Å². The Labute approximate surface area is 113 Å². The molecule has 0 aliphatic heterocycles. The van der Waals surface area contributed by atoms with Crippen LogP contribution in [-0.2, 0) is 4.79 Å². The third-order valence-electron chi connectivity index (χ3n) is 2.40. The number of anilines is 1. The third-order valence-corrected chi connectivity index (χ3v) is 2.64. The van der Waals surface area contributed by atoms with Crippen LogP contribution in [0.2, 0.25) is 0 Å². The molecule has 1 aromatic rings. The van der Waals surface area contributed by atoms with Gasteiger partial charge in [0.1, 0.15) is 4.99 Å². The lowest BCUT2D eigenvalue weighted by Gasteiger charge is -2.12. The van der Waals surface area contributed by atoms with Crippen LogP contribution in [-0.4, -0.2) is 23.5 Å². The molecule has 0 aromatic heterocycles. The van der Waals surface area contributed by atoms with E-state index < -0.39 is 0 Å². The standard InChI is InChI=1S/C13H19N3OS/c1-8(2)16-12(17)7-15-11-5-4-10(13(14)18)6-9(11)3/h4-6,8,15H,7H2,1-3H3,(H2,14,18)(H,16,17). The molecular weight excluding hydrogens is 246 g/mol. The van der Waals surface area contributed by atoms with Crippen LogP contribution < -0.4 is 16.4 Å². The molecule has 0 atom stereocenters. The molecule has 0 saturated heterocycles. The number of hydrogen-bond donors (Lipinski definition) is 3. The first-order chi connectivity index (χ1) is 8.40. The molecule has 0 bridgehead atoms. The van der Waals surface area contributed by atoms with Gasteiger partial charge in [-0.15, -0.1) is 0 Å². The van der Waals surface area contributed by atoms with Gasteiger partial charge in [0.2, 0.25) is 5.91 Å². The Kier molecular flexibility index (Phi) is 5.09. The second-order valence-corrected chi connectivity index (χ2v) is 4.91. The van der Waals surface area contributed by atoms with Gasteiger partial charge in [-0.25, -0.2) is 0 Å². The number of nitrogens with two attached hydrogens (primary N) is 1. The van der Waals surface area contributed by atoms with E-state index in [1.807, 2.05) is 39.0 Å². The van der Waals surface area contributed by atoms with E-state index in [9.17, 15) is 4.79 Å². The predicted octanol–water partition coefficient (Wildman–Crippen LogP) is 1.57. The minimum atomic E-state index is -0.0252. The van der Waals surface area contributed by atoms with E-state index in [-0.39, 0.29) is 18.5 Å². The fourth-order valence-corrected chi connectivity index (χ4v) is 1.69. The molecule has 5 heteroatoms. The molecule has 0 unspecified atom stereocenters. The number of amides is 1. The second kappa shape index (κ2) is 6.35. The van der Waals surface area contributed by atoms with E-state index in [1.54, 1.807) is 0 Å². The van der Waals surface area contributed by atoms with Gasteiger partial charge in [-0.05, 0) is 44.5 Å². The lowest BCUT2D eigenvalue weighted by atomic mass is 10.1. The highest BCUT2D eigenvalue weighted by Crippen LogP contribution is 2.16. The molecular formula is C13H19N3OS. The van der Waals surface area contributed by atoms with Crippen LogP contribution in [0.4, 0.5) is 5.69 Å². The van der Waals surface area contributed by atoms with Crippen LogP contribution in [0.3, 0.4) is 0 Å². The number of benzene rings is 1. The minimum absolute atomic E-state index is 0.0252. The van der Waals surface area contributed by atoms with Crippen molar-refractivity contribution in [2.24, 2.45) is 5.73 Å². The Balaban J connectivity index is 2.63. The third kappa shape index (κ3) is 4.33. The van der Waals surface area contributed by atoms with E-state index in [4.69, 9.17) is 18.0 Å². The monoisotopic (exact) mass is 265 g/mol. The summed E-state index contributed by atoms with van der Waals surface area (Å²) in [7, 11) is 0. The molecule has 0 aliphatic carbocycles. The number of aryl methyl sites for hydroxylation is 1. The topological polar surface area (TPSA) is 67.1 Å². The van der Waals surface area contributed by atoms with Crippen molar-refractivity contribution < 1.29 is 4.79 Å². The van der Waals surface area contributed by atoms with Crippen molar-refractivity contribution in [3.05, 3.63) is 29.3 Å². The second-order valence-electron chi connectivity index (χ2n) is 4.47. The maximum Gasteiger partial charge on any atom is 0.239 e. The molecule has 0 fully saturated rings. The Bertz CT molecular complexity index is 458. The van der Waals surface area contributed by atoms with Crippen LogP contribution in [0.15, 0.2) is 18.2 Å². The smallest absolute Gasteiger partial charge is 0.239 e. The fourth-order valence-electron chi connectivity index (χ4n) is 1.56. The average Bonchev–Trinajstić information content (AvgIpc) is 2.26. The SMILES string of the molecule is Cc1cc(C(N)=S)ccc1NCC(=O)NC(C)C. The quantitative estimate of drug-likeness (QED) is 0.707. The maximum atomic E-state index is 11.5. The van der Waals surface area contributed by atoms with Crippen LogP contribution in [0.1, 0.15) is 25.0 Å². The van der Waals surface area contributed by atoms with Crippen molar-refractivity contribution in [2.45, 2.75) is 26.8 Å². The van der Waals surface area contributed by atoms with E-state index in [2.05, 4.69) is 10.6 Å². The first kappa shape index (κ1) is 14.4. The molecule has 98 valence electrons. The molecule has 4 N–H and O–H groups in total. The summed E-state index contributed by atoms with van der Waals surface area (Å²) in [6, 6.07) is 5.78. The number of nitrogens with one attached hydrogen (secondary N) is 2. The van der Waals surface area contributed by atoms with Crippen molar-refractivity contribution in [3.63, 3.8) is 0 Å². The summed E-state index contributed by atoms with van der Waals surface area (Å²) in [5.41, 5.74) is 8.31. The molecule has 0 radical (unpaired) electrons. The average molecular weight is 265 g/mol. The lowest BCUT2D eigenvalue weighted by Crippen LogP contribution is -2.34. The van der Waals surface area contributed by atoms with Crippen molar-refractivity contribution in [3.8, 4) is 0 Å². The van der Waals surface area contributed by atoms with E-state index in [0.29, 0.717) is 4.99 Å². The Morgan fingerprint density at radius 3 is 2.61 bits per heavy atom. The Morgan fingerprint density at radius 2 is 2.11 bits per heavy atom. The largest absolute Gasteiger partial charge is 0.389 e. The maximum absolute atomic E-state index is 11.5. The molecule has 0 saturated carbocycles. The zero-order valence-electron chi connectivity index (χ0n) is 10.9. The van der Waals surface area contributed by atoms with Gasteiger partial charge in [-0.3, -0.25) is 4.79 Å². The Morgan fingerprint density at radius 1 is 1.44 bits per heavy atom. The summed E-state index contributed by atoms with van der Waals surface area (Å²) in [5, 5.41) is 5.91. The van der Waals surface area contributed by atoms with Gasteiger partial charge in [-0.1, -0.05) is 12.2 Å². The van der Waals surface area contributed by atoms with Crippen molar-refractivity contribution in [1.29, 1.82) is 0 Å². The lowest BCUT2D eigenvalue weighted by molar-refractivity contribution is -0.119. The van der Waals surface area contributed by atoms with Gasteiger partial charge in [0, 0.05) is 17.3 Å². The first-order valence-corrected chi connectivity index (χ1v) is 6.24. The Hall–Kier alpha value is -1.62. The number of carbonyl (C=O) groups excluding carboxylic acids is 1. The van der Waals surface area contributed by atoms with E-state index >= 15 is 0 Å². The summed E-state index contributed by atoms with van der Waals surface area (Å²) < 4.78 is 0. The summed E-state index contributed by atoms with van der Waals surface area (Å²) in [5.74, 6) is -0.0252. The van der Waals surface area contributed by atoms with Gasteiger partial charge >= 0.3 is 0 Å². The molecule has 4 nitrogen and oxygen atoms in total. The fraction of sp³-hybridized carbons (Fsp3) is 0.385. The van der Waals surface area contributed by atoms with Gasteiger partial charge in [0.25, 0.3) is 0 Å². The van der Waals surface area contributed by atoms with Crippen LogP contribution in [0, 0.1) is 6.92 Å². The number of carbonyl (C=O) groups is 1. The predicted molar refractivity (Wildman–Crippen MR) is 78.8 cm³/mol. The normalized spacial score (nSPS) is 10.2. The molecule has 1 aromatic carbocycles. The molecule has 0 heterocycles. The minimum Gasteiger partial charge on any atom is -0.389 e. The van der Waals surface area contributed by atoms with E-state index in [0.717, 1.165) is 16.8 Å². The first-order valence-electron chi connectivity index (χ1n) is 5.84. The molecule has 0 spiro atoms. The van der Waals surface area contributed by atoms with Gasteiger partial charge in [0.15, 0.2) is 0 Å². The highest BCUT2D eigenvalue weighted by atomic mass is 32.1. The van der Waals surface area contributed by atoms with Gasteiger partial charge in [0.05, 0.1) is 6.54 Å². The molecule has 1 amide bonds. The zero-order chi connectivity index (χ0) is 13.7. The molecule has 18 heavy (non-hydrogen) atoms. The van der Waals surface area contributed by atoms with Crippen molar-refractivity contribution >= 4 is 28.8 Å². The summed E-state index contributed by atoms with van der Waals surface area (Å²) in [6.07, 6.45) is 0. The number of thiocarbonyl (C=S) groups is 1. The van der Waals surface area contributed by atoms with Gasteiger partial charge in [-0.2, -0.15) is 0 Å².